The van der Waals surface area contributed by atoms with Gasteiger partial charge in [-0.3, -0.25) is 0 Å². The molecule has 0 aromatic heterocycles. The summed E-state index contributed by atoms with van der Waals surface area (Å²) in [5, 5.41) is 3.44. The van der Waals surface area contributed by atoms with Gasteiger partial charge < -0.3 is 5.32 Å². The Morgan fingerprint density at radius 1 is 1.00 bits per heavy atom. The van der Waals surface area contributed by atoms with Crippen LogP contribution in [0.2, 0.25) is 0 Å². The topological polar surface area (TPSA) is 12.0 Å². The van der Waals surface area contributed by atoms with E-state index in [-0.39, 0.29) is 17.9 Å². The van der Waals surface area contributed by atoms with Gasteiger partial charge in [0.1, 0.15) is 5.82 Å². The minimum Gasteiger partial charge on any atom is -0.304 e. The predicted octanol–water partition coefficient (Wildman–Crippen LogP) is 5.31. The number of nitrogens with one attached hydrogen (secondary N) is 1. The molecule has 0 saturated carbocycles. The summed E-state index contributed by atoms with van der Waals surface area (Å²) in [6.45, 7) is 6.15. The largest absolute Gasteiger partial charge is 0.304 e. The molecule has 106 valence electrons. The summed E-state index contributed by atoms with van der Waals surface area (Å²) >= 11 is 3.28. The van der Waals surface area contributed by atoms with Crippen LogP contribution >= 0.6 is 15.9 Å². The lowest BCUT2D eigenvalue weighted by Gasteiger charge is -2.21. The van der Waals surface area contributed by atoms with E-state index in [0.717, 1.165) is 4.47 Å². The van der Waals surface area contributed by atoms with Crippen molar-refractivity contribution < 1.29 is 4.39 Å². The predicted molar refractivity (Wildman–Crippen MR) is 85.2 cm³/mol. The van der Waals surface area contributed by atoms with E-state index in [1.54, 1.807) is 0 Å². The van der Waals surface area contributed by atoms with E-state index in [4.69, 9.17) is 0 Å². The maximum absolute atomic E-state index is 13.9. The van der Waals surface area contributed by atoms with Crippen molar-refractivity contribution in [2.75, 3.05) is 0 Å². The molecular formula is C17H19BrFN. The van der Waals surface area contributed by atoms with Gasteiger partial charge in [-0.1, -0.05) is 51.8 Å². The highest BCUT2D eigenvalue weighted by molar-refractivity contribution is 9.10. The van der Waals surface area contributed by atoms with Crippen LogP contribution in [0.15, 0.2) is 46.9 Å². The van der Waals surface area contributed by atoms with Crippen molar-refractivity contribution in [2.45, 2.75) is 32.9 Å². The van der Waals surface area contributed by atoms with E-state index in [9.17, 15) is 4.39 Å². The second-order valence-corrected chi connectivity index (χ2v) is 6.10. The van der Waals surface area contributed by atoms with Crippen molar-refractivity contribution in [3.8, 4) is 0 Å². The van der Waals surface area contributed by atoms with Gasteiger partial charge in [0.25, 0.3) is 0 Å². The number of hydrogen-bond acceptors (Lipinski definition) is 1. The van der Waals surface area contributed by atoms with Crippen LogP contribution in [0.25, 0.3) is 0 Å². The molecule has 2 aromatic carbocycles. The molecule has 0 heterocycles. The van der Waals surface area contributed by atoms with Gasteiger partial charge in [-0.05, 0) is 38.5 Å². The number of rotatable bonds is 4. The summed E-state index contributed by atoms with van der Waals surface area (Å²) in [5.41, 5.74) is 3.14. The molecule has 20 heavy (non-hydrogen) atoms. The molecule has 0 amide bonds. The number of aryl methyl sites for hydroxylation is 1. The van der Waals surface area contributed by atoms with Crippen molar-refractivity contribution in [3.05, 3.63) is 69.4 Å². The second-order valence-electron chi connectivity index (χ2n) is 5.19. The van der Waals surface area contributed by atoms with Gasteiger partial charge in [0, 0.05) is 22.1 Å². The van der Waals surface area contributed by atoms with E-state index in [2.05, 4.69) is 59.4 Å². The fourth-order valence-electron chi connectivity index (χ4n) is 2.27. The van der Waals surface area contributed by atoms with Gasteiger partial charge in [-0.2, -0.15) is 0 Å². The highest BCUT2D eigenvalue weighted by Crippen LogP contribution is 2.24. The Morgan fingerprint density at radius 3 is 2.25 bits per heavy atom. The minimum atomic E-state index is -0.185. The Hall–Kier alpha value is -1.19. The number of benzene rings is 2. The summed E-state index contributed by atoms with van der Waals surface area (Å²) < 4.78 is 14.7. The fourth-order valence-corrected chi connectivity index (χ4v) is 2.60. The zero-order valence-corrected chi connectivity index (χ0v) is 13.5. The molecule has 0 spiro atoms. The third-order valence-electron chi connectivity index (χ3n) is 3.51. The number of halogens is 2. The van der Waals surface area contributed by atoms with Gasteiger partial charge in [0.05, 0.1) is 0 Å². The molecule has 2 rings (SSSR count). The van der Waals surface area contributed by atoms with Gasteiger partial charge in [-0.15, -0.1) is 0 Å². The first-order valence-electron chi connectivity index (χ1n) is 6.75. The molecule has 2 aromatic rings. The zero-order chi connectivity index (χ0) is 14.7. The molecule has 0 aliphatic carbocycles. The van der Waals surface area contributed by atoms with E-state index in [0.29, 0.717) is 5.56 Å². The molecule has 1 N–H and O–H groups in total. The van der Waals surface area contributed by atoms with Crippen LogP contribution in [0.5, 0.6) is 0 Å². The first-order valence-corrected chi connectivity index (χ1v) is 7.54. The quantitative estimate of drug-likeness (QED) is 0.798. The smallest absolute Gasteiger partial charge is 0.129 e. The first-order chi connectivity index (χ1) is 9.47. The van der Waals surface area contributed by atoms with Gasteiger partial charge in [0.15, 0.2) is 0 Å². The Labute approximate surface area is 128 Å². The SMILES string of the molecule is Cc1ccc([C@@H](C)NC(C)c2ccc(Br)cc2F)cc1. The first kappa shape index (κ1) is 15.2. The Morgan fingerprint density at radius 2 is 1.65 bits per heavy atom. The van der Waals surface area contributed by atoms with E-state index in [1.165, 1.54) is 17.2 Å². The van der Waals surface area contributed by atoms with E-state index < -0.39 is 0 Å². The van der Waals surface area contributed by atoms with Crippen LogP contribution in [-0.4, -0.2) is 0 Å². The van der Waals surface area contributed by atoms with Crippen LogP contribution in [0.3, 0.4) is 0 Å². The van der Waals surface area contributed by atoms with Crippen molar-refractivity contribution in [3.63, 3.8) is 0 Å². The van der Waals surface area contributed by atoms with Crippen LogP contribution in [-0.2, 0) is 0 Å². The van der Waals surface area contributed by atoms with Crippen molar-refractivity contribution >= 4 is 15.9 Å². The molecule has 0 aliphatic rings. The highest BCUT2D eigenvalue weighted by atomic mass is 79.9. The third kappa shape index (κ3) is 3.68. The van der Waals surface area contributed by atoms with Crippen molar-refractivity contribution in [1.29, 1.82) is 0 Å². The molecule has 0 bridgehead atoms. The van der Waals surface area contributed by atoms with Crippen molar-refractivity contribution in [1.82, 2.24) is 5.32 Å². The Bertz CT molecular complexity index is 580. The lowest BCUT2D eigenvalue weighted by molar-refractivity contribution is 0.474. The molecule has 0 saturated heterocycles. The van der Waals surface area contributed by atoms with Gasteiger partial charge in [0.2, 0.25) is 0 Å². The summed E-state index contributed by atoms with van der Waals surface area (Å²) in [5.74, 6) is -0.185. The molecule has 1 nitrogen and oxygen atoms in total. The summed E-state index contributed by atoms with van der Waals surface area (Å²) in [6, 6.07) is 13.7. The molecule has 3 heteroatoms. The fraction of sp³-hybridized carbons (Fsp3) is 0.294. The van der Waals surface area contributed by atoms with Crippen molar-refractivity contribution in [2.24, 2.45) is 0 Å². The minimum absolute atomic E-state index is 0.0422. The third-order valence-corrected chi connectivity index (χ3v) is 4.00. The maximum atomic E-state index is 13.9. The molecule has 1 unspecified atom stereocenters. The standard InChI is InChI=1S/C17H19BrFN/c1-11-4-6-14(7-5-11)12(2)20-13(3)16-9-8-15(18)10-17(16)19/h4-10,12-13,20H,1-3H3/t12-,13?/m1/s1. The molecule has 2 atom stereocenters. The van der Waals surface area contributed by atoms with E-state index >= 15 is 0 Å². The number of hydrogen-bond donors (Lipinski definition) is 1. The summed E-state index contributed by atoms with van der Waals surface area (Å²) in [4.78, 5) is 0. The second kappa shape index (κ2) is 6.51. The van der Waals surface area contributed by atoms with E-state index in [1.807, 2.05) is 19.1 Å². The van der Waals surface area contributed by atoms with Crippen LogP contribution in [0, 0.1) is 12.7 Å². The van der Waals surface area contributed by atoms with Crippen LogP contribution in [0.4, 0.5) is 4.39 Å². The summed E-state index contributed by atoms with van der Waals surface area (Å²) in [7, 11) is 0. The Balaban J connectivity index is 2.10. The van der Waals surface area contributed by atoms with Crippen LogP contribution < -0.4 is 5.32 Å². The van der Waals surface area contributed by atoms with Gasteiger partial charge >= 0.3 is 0 Å². The zero-order valence-electron chi connectivity index (χ0n) is 12.0. The summed E-state index contributed by atoms with van der Waals surface area (Å²) in [6.07, 6.45) is 0. The lowest BCUT2D eigenvalue weighted by Crippen LogP contribution is -2.23. The maximum Gasteiger partial charge on any atom is 0.129 e. The average molecular weight is 336 g/mol. The molecule has 0 fully saturated rings. The normalized spacial score (nSPS) is 14.1. The average Bonchev–Trinajstić information content (AvgIpc) is 2.39. The molecular weight excluding hydrogens is 317 g/mol. The monoisotopic (exact) mass is 335 g/mol. The Kier molecular flexibility index (Phi) is 4.95. The molecule has 0 aliphatic heterocycles. The highest BCUT2D eigenvalue weighted by Gasteiger charge is 2.14. The van der Waals surface area contributed by atoms with Crippen LogP contribution in [0.1, 0.15) is 42.6 Å². The molecule has 0 radical (unpaired) electrons. The van der Waals surface area contributed by atoms with Gasteiger partial charge in [-0.25, -0.2) is 4.39 Å². The lowest BCUT2D eigenvalue weighted by atomic mass is 10.0.